The molecule has 2 atom stereocenters. The van der Waals surface area contributed by atoms with Crippen molar-refractivity contribution in [3.05, 3.63) is 35.9 Å². The van der Waals surface area contributed by atoms with Crippen LogP contribution in [0.25, 0.3) is 0 Å². The highest BCUT2D eigenvalue weighted by Crippen LogP contribution is 2.21. The van der Waals surface area contributed by atoms with Gasteiger partial charge in [0.2, 0.25) is 11.8 Å². The van der Waals surface area contributed by atoms with Gasteiger partial charge in [0.15, 0.2) is 0 Å². The van der Waals surface area contributed by atoms with Crippen molar-refractivity contribution in [2.24, 2.45) is 17.8 Å². The smallest absolute Gasteiger partial charge is 0.323 e. The topological polar surface area (TPSA) is 87.7 Å². The molecule has 0 radical (unpaired) electrons. The molecule has 2 heterocycles. The Kier molecular flexibility index (Phi) is 9.77. The number of nitrogens with zero attached hydrogens (tertiary/aromatic N) is 1. The molecule has 2 N–H and O–H groups in total. The highest BCUT2D eigenvalue weighted by Gasteiger charge is 2.29. The molecule has 2 aliphatic heterocycles. The number of terminal acetylenes is 1. The normalized spacial score (nSPS) is 19.8. The van der Waals surface area contributed by atoms with E-state index in [1.165, 1.54) is 0 Å². The molecule has 0 bridgehead atoms. The number of piperidine rings is 2. The van der Waals surface area contributed by atoms with E-state index in [0.29, 0.717) is 25.4 Å². The fraction of sp³-hybridized carbons (Fsp3) is 0.577. The van der Waals surface area contributed by atoms with E-state index in [1.54, 1.807) is 0 Å². The average molecular weight is 454 g/mol. The number of hydrogen-bond acceptors (Lipinski definition) is 5. The second-order valence-electron chi connectivity index (χ2n) is 8.97. The molecule has 0 saturated carbocycles. The molecule has 2 aliphatic rings. The summed E-state index contributed by atoms with van der Waals surface area (Å²) in [6, 6.07) is 9.35. The van der Waals surface area contributed by atoms with Crippen LogP contribution in [0, 0.1) is 30.1 Å². The lowest BCUT2D eigenvalue weighted by Crippen LogP contribution is -2.46. The van der Waals surface area contributed by atoms with Gasteiger partial charge in [0.05, 0.1) is 5.92 Å². The van der Waals surface area contributed by atoms with Gasteiger partial charge in [-0.3, -0.25) is 14.4 Å². The van der Waals surface area contributed by atoms with Crippen molar-refractivity contribution in [1.29, 1.82) is 0 Å². The molecule has 0 spiro atoms. The summed E-state index contributed by atoms with van der Waals surface area (Å²) < 4.78 is 5.29. The summed E-state index contributed by atoms with van der Waals surface area (Å²) in [5.74, 6) is 1.35. The summed E-state index contributed by atoms with van der Waals surface area (Å²) in [7, 11) is 0. The van der Waals surface area contributed by atoms with Crippen molar-refractivity contribution in [3.63, 3.8) is 0 Å². The fourth-order valence-corrected chi connectivity index (χ4v) is 4.46. The second kappa shape index (κ2) is 13.0. The van der Waals surface area contributed by atoms with E-state index in [1.807, 2.05) is 35.2 Å². The number of rotatable bonds is 9. The first kappa shape index (κ1) is 24.8. The molecular formula is C26H35N3O4. The summed E-state index contributed by atoms with van der Waals surface area (Å²) in [4.78, 5) is 39.5. The number of esters is 1. The first-order valence-corrected chi connectivity index (χ1v) is 12.0. The minimum absolute atomic E-state index is 0.0309. The van der Waals surface area contributed by atoms with Gasteiger partial charge >= 0.3 is 5.97 Å². The van der Waals surface area contributed by atoms with Crippen molar-refractivity contribution in [2.45, 2.75) is 45.1 Å². The molecule has 33 heavy (non-hydrogen) atoms. The van der Waals surface area contributed by atoms with Crippen molar-refractivity contribution in [2.75, 3.05) is 32.7 Å². The van der Waals surface area contributed by atoms with Crippen molar-refractivity contribution in [1.82, 2.24) is 15.5 Å². The van der Waals surface area contributed by atoms with Gasteiger partial charge in [-0.1, -0.05) is 36.3 Å². The molecule has 7 heteroatoms. The van der Waals surface area contributed by atoms with Gasteiger partial charge in [0.25, 0.3) is 0 Å². The van der Waals surface area contributed by atoms with Crippen LogP contribution in [-0.2, 0) is 25.7 Å². The molecule has 1 aromatic carbocycles. The predicted octanol–water partition coefficient (Wildman–Crippen LogP) is 2.11. The van der Waals surface area contributed by atoms with E-state index >= 15 is 0 Å². The number of hydrogen-bond donors (Lipinski definition) is 2. The lowest BCUT2D eigenvalue weighted by Gasteiger charge is -2.33. The zero-order chi connectivity index (χ0) is 23.5. The minimum atomic E-state index is -0.844. The standard InChI is InChI=1S/C26H35N3O4/c1-2-22(26(32)33-19-21-7-4-3-5-8-21)17-28-25(31)23-9-6-16-29(18-23)24(30)11-10-20-12-14-27-15-13-20/h1,3-5,7-8,20,22-23,27H,6,9-19H2,(H,28,31)/t22-,23+/m0/s1. The number of amides is 2. The molecule has 0 aliphatic carbocycles. The third kappa shape index (κ3) is 7.90. The Balaban J connectivity index is 1.40. The largest absolute Gasteiger partial charge is 0.460 e. The Morgan fingerprint density at radius 3 is 2.67 bits per heavy atom. The number of ether oxygens (including phenoxy) is 1. The monoisotopic (exact) mass is 453 g/mol. The Labute approximate surface area is 196 Å². The van der Waals surface area contributed by atoms with E-state index in [4.69, 9.17) is 11.2 Å². The van der Waals surface area contributed by atoms with Crippen molar-refractivity contribution < 1.29 is 19.1 Å². The molecule has 2 fully saturated rings. The van der Waals surface area contributed by atoms with Gasteiger partial charge in [-0.15, -0.1) is 6.42 Å². The zero-order valence-electron chi connectivity index (χ0n) is 19.3. The van der Waals surface area contributed by atoms with Gasteiger partial charge in [-0.05, 0) is 56.7 Å². The van der Waals surface area contributed by atoms with Crippen LogP contribution < -0.4 is 10.6 Å². The summed E-state index contributed by atoms with van der Waals surface area (Å²) >= 11 is 0. The maximum absolute atomic E-state index is 12.7. The molecule has 2 saturated heterocycles. The van der Waals surface area contributed by atoms with Gasteiger partial charge in [-0.2, -0.15) is 0 Å². The summed E-state index contributed by atoms with van der Waals surface area (Å²) in [5.41, 5.74) is 0.873. The Morgan fingerprint density at radius 1 is 1.18 bits per heavy atom. The first-order chi connectivity index (χ1) is 16.1. The number of likely N-dealkylation sites (tertiary alicyclic amines) is 1. The summed E-state index contributed by atoms with van der Waals surface area (Å²) in [6.07, 6.45) is 10.8. The first-order valence-electron chi connectivity index (χ1n) is 12.0. The zero-order valence-corrected chi connectivity index (χ0v) is 19.3. The number of carbonyl (C=O) groups is 3. The fourth-order valence-electron chi connectivity index (χ4n) is 4.46. The van der Waals surface area contributed by atoms with Gasteiger partial charge in [0, 0.05) is 26.1 Å². The van der Waals surface area contributed by atoms with Gasteiger partial charge in [-0.25, -0.2) is 0 Å². The van der Waals surface area contributed by atoms with Crippen LogP contribution >= 0.6 is 0 Å². The van der Waals surface area contributed by atoms with Crippen LogP contribution in [0.1, 0.15) is 44.1 Å². The second-order valence-corrected chi connectivity index (χ2v) is 8.97. The quantitative estimate of drug-likeness (QED) is 0.442. The van der Waals surface area contributed by atoms with E-state index in [-0.39, 0.29) is 30.9 Å². The van der Waals surface area contributed by atoms with Crippen LogP contribution in [0.2, 0.25) is 0 Å². The molecule has 0 unspecified atom stereocenters. The van der Waals surface area contributed by atoms with Crippen LogP contribution in [-0.4, -0.2) is 55.4 Å². The van der Waals surface area contributed by atoms with Crippen LogP contribution in [0.3, 0.4) is 0 Å². The average Bonchev–Trinajstić information content (AvgIpc) is 2.87. The molecule has 2 amide bonds. The maximum atomic E-state index is 12.7. The third-order valence-electron chi connectivity index (χ3n) is 6.56. The van der Waals surface area contributed by atoms with Gasteiger partial charge < -0.3 is 20.3 Å². The molecule has 1 aromatic rings. The van der Waals surface area contributed by atoms with E-state index in [9.17, 15) is 14.4 Å². The lowest BCUT2D eigenvalue weighted by atomic mass is 9.92. The third-order valence-corrected chi connectivity index (χ3v) is 6.56. The molecule has 178 valence electrons. The number of carbonyl (C=O) groups excluding carboxylic acids is 3. The van der Waals surface area contributed by atoms with Crippen molar-refractivity contribution in [3.8, 4) is 12.3 Å². The molecule has 3 rings (SSSR count). The van der Waals surface area contributed by atoms with Crippen LogP contribution in [0.15, 0.2) is 30.3 Å². The van der Waals surface area contributed by atoms with Crippen molar-refractivity contribution >= 4 is 17.8 Å². The van der Waals surface area contributed by atoms with Crippen LogP contribution in [0.5, 0.6) is 0 Å². The number of nitrogens with one attached hydrogen (secondary N) is 2. The summed E-state index contributed by atoms with van der Waals surface area (Å²) in [5, 5.41) is 6.15. The predicted molar refractivity (Wildman–Crippen MR) is 126 cm³/mol. The molecular weight excluding hydrogens is 418 g/mol. The Hall–Kier alpha value is -2.85. The number of benzene rings is 1. The van der Waals surface area contributed by atoms with Crippen LogP contribution in [0.4, 0.5) is 0 Å². The Bertz CT molecular complexity index is 830. The van der Waals surface area contributed by atoms with E-state index in [0.717, 1.165) is 50.8 Å². The maximum Gasteiger partial charge on any atom is 0.323 e. The highest BCUT2D eigenvalue weighted by atomic mass is 16.5. The lowest BCUT2D eigenvalue weighted by molar-refractivity contribution is -0.147. The highest BCUT2D eigenvalue weighted by molar-refractivity contribution is 5.82. The van der Waals surface area contributed by atoms with E-state index < -0.39 is 11.9 Å². The SMILES string of the molecule is C#C[C@@H](CNC(=O)[C@@H]1CCCN(C(=O)CCC2CCNCC2)C1)C(=O)OCc1ccccc1. The van der Waals surface area contributed by atoms with E-state index in [2.05, 4.69) is 16.6 Å². The Morgan fingerprint density at radius 2 is 1.94 bits per heavy atom. The molecule has 0 aromatic heterocycles. The molecule has 7 nitrogen and oxygen atoms in total. The summed E-state index contributed by atoms with van der Waals surface area (Å²) in [6.45, 7) is 3.36. The minimum Gasteiger partial charge on any atom is -0.460 e. The van der Waals surface area contributed by atoms with Gasteiger partial charge in [0.1, 0.15) is 12.5 Å².